The van der Waals surface area contributed by atoms with Crippen LogP contribution >= 0.6 is 11.3 Å². The number of hydrogen-bond acceptors (Lipinski definition) is 7. The zero-order valence-corrected chi connectivity index (χ0v) is 20.0. The number of nitriles is 1. The van der Waals surface area contributed by atoms with E-state index in [1.54, 1.807) is 36.4 Å². The predicted molar refractivity (Wildman–Crippen MR) is 144 cm³/mol. The molecule has 6 aromatic rings. The van der Waals surface area contributed by atoms with Gasteiger partial charge in [0.2, 0.25) is 0 Å². The van der Waals surface area contributed by atoms with Crippen molar-refractivity contribution < 1.29 is 13.9 Å². The van der Waals surface area contributed by atoms with Gasteiger partial charge < -0.3 is 9.15 Å². The Labute approximate surface area is 214 Å². The average Bonchev–Trinajstić information content (AvgIpc) is 3.36. The molecule has 2 heterocycles. The number of fused-ring (bicyclic) bond motifs is 4. The zero-order chi connectivity index (χ0) is 25.4. The first kappa shape index (κ1) is 22.4. The Bertz CT molecular complexity index is 1930. The van der Waals surface area contributed by atoms with Crippen LogP contribution in [0.1, 0.15) is 20.9 Å². The number of esters is 1. The number of hydrogen-bond donors (Lipinski definition) is 0. The van der Waals surface area contributed by atoms with Crippen LogP contribution in [0.25, 0.3) is 43.6 Å². The Balaban J connectivity index is 1.26. The van der Waals surface area contributed by atoms with E-state index in [4.69, 9.17) is 9.15 Å². The van der Waals surface area contributed by atoms with Crippen LogP contribution in [0, 0.1) is 11.3 Å². The van der Waals surface area contributed by atoms with Gasteiger partial charge in [-0.1, -0.05) is 54.6 Å². The van der Waals surface area contributed by atoms with Crippen LogP contribution in [-0.2, 0) is 0 Å². The minimum Gasteiger partial charge on any atom is -0.423 e. The minimum absolute atomic E-state index is 0.185. The second-order valence-electron chi connectivity index (χ2n) is 8.26. The Morgan fingerprint density at radius 1 is 0.946 bits per heavy atom. The third-order valence-electron chi connectivity index (χ3n) is 5.91. The van der Waals surface area contributed by atoms with Gasteiger partial charge in [-0.15, -0.1) is 11.3 Å². The van der Waals surface area contributed by atoms with Crippen LogP contribution in [-0.4, -0.2) is 11.0 Å². The molecule has 0 aliphatic carbocycles. The van der Waals surface area contributed by atoms with Gasteiger partial charge in [-0.05, 0) is 58.8 Å². The third-order valence-corrected chi connectivity index (χ3v) is 6.98. The Morgan fingerprint density at radius 3 is 2.54 bits per heavy atom. The van der Waals surface area contributed by atoms with Gasteiger partial charge in [0.15, 0.2) is 0 Å². The number of ether oxygens (including phenoxy) is 1. The number of nitrogens with zero attached hydrogens (tertiary/aromatic N) is 2. The van der Waals surface area contributed by atoms with Crippen molar-refractivity contribution in [2.45, 2.75) is 0 Å². The fourth-order valence-electron chi connectivity index (χ4n) is 4.10. The molecular weight excluding hydrogens is 484 g/mol. The standard InChI is InChI=1S/C30H16N2O4S/c31-17-20(28-32-25-7-3-4-8-27(25)37-28)15-18-9-12-21(13-10-18)35-29(33)24-16-23-22-6-2-1-5-19(22)11-14-26(23)36-30(24)34/h1-16H/b20-15+. The molecule has 7 heteroatoms. The quantitative estimate of drug-likeness (QED) is 0.0865. The molecule has 0 radical (unpaired) electrons. The molecule has 176 valence electrons. The first-order chi connectivity index (χ1) is 18.1. The molecule has 0 bridgehead atoms. The van der Waals surface area contributed by atoms with Gasteiger partial charge in [0, 0.05) is 5.39 Å². The highest BCUT2D eigenvalue weighted by molar-refractivity contribution is 7.19. The lowest BCUT2D eigenvalue weighted by molar-refractivity contribution is 0.0730. The number of carbonyl (C=O) groups excluding carboxylic acids is 1. The number of para-hydroxylation sites is 1. The molecule has 0 atom stereocenters. The van der Waals surface area contributed by atoms with E-state index in [9.17, 15) is 14.9 Å². The maximum Gasteiger partial charge on any atom is 0.351 e. The molecule has 0 unspecified atom stereocenters. The number of thiazole rings is 1. The van der Waals surface area contributed by atoms with E-state index >= 15 is 0 Å². The van der Waals surface area contributed by atoms with Crippen molar-refractivity contribution in [1.82, 2.24) is 4.98 Å². The van der Waals surface area contributed by atoms with Gasteiger partial charge in [0.1, 0.15) is 28.0 Å². The summed E-state index contributed by atoms with van der Waals surface area (Å²) < 4.78 is 11.9. The summed E-state index contributed by atoms with van der Waals surface area (Å²) >= 11 is 1.45. The van der Waals surface area contributed by atoms with E-state index in [0.29, 0.717) is 21.5 Å². The second-order valence-corrected chi connectivity index (χ2v) is 9.29. The van der Waals surface area contributed by atoms with Crippen molar-refractivity contribution in [1.29, 1.82) is 5.26 Å². The lowest BCUT2D eigenvalue weighted by atomic mass is 10.0. The van der Waals surface area contributed by atoms with Gasteiger partial charge in [0.25, 0.3) is 0 Å². The van der Waals surface area contributed by atoms with Gasteiger partial charge in [-0.3, -0.25) is 0 Å². The van der Waals surface area contributed by atoms with Gasteiger partial charge in [-0.2, -0.15) is 5.26 Å². The molecule has 6 nitrogen and oxygen atoms in total. The fourth-order valence-corrected chi connectivity index (χ4v) is 5.04. The van der Waals surface area contributed by atoms with Gasteiger partial charge >= 0.3 is 11.6 Å². The maximum atomic E-state index is 12.8. The second kappa shape index (κ2) is 9.19. The fraction of sp³-hybridized carbons (Fsp3) is 0. The summed E-state index contributed by atoms with van der Waals surface area (Å²) in [5.74, 6) is -0.544. The molecule has 4 aromatic carbocycles. The summed E-state index contributed by atoms with van der Waals surface area (Å²) in [5.41, 5.74) is 1.48. The van der Waals surface area contributed by atoms with E-state index in [1.807, 2.05) is 54.6 Å². The Hall–Kier alpha value is -5.06. The van der Waals surface area contributed by atoms with Crippen molar-refractivity contribution >= 4 is 60.9 Å². The van der Waals surface area contributed by atoms with E-state index in [0.717, 1.165) is 26.6 Å². The van der Waals surface area contributed by atoms with Crippen LogP contribution in [0.5, 0.6) is 5.75 Å². The smallest absolute Gasteiger partial charge is 0.351 e. The van der Waals surface area contributed by atoms with Crippen LogP contribution in [0.15, 0.2) is 100 Å². The lowest BCUT2D eigenvalue weighted by Crippen LogP contribution is -2.18. The van der Waals surface area contributed by atoms with Crippen LogP contribution in [0.2, 0.25) is 0 Å². The molecule has 0 amide bonds. The van der Waals surface area contributed by atoms with Crippen LogP contribution in [0.4, 0.5) is 0 Å². The highest BCUT2D eigenvalue weighted by atomic mass is 32.1. The van der Waals surface area contributed by atoms with Crippen LogP contribution < -0.4 is 10.4 Å². The predicted octanol–water partition coefficient (Wildman–Crippen LogP) is 6.84. The summed E-state index contributed by atoms with van der Waals surface area (Å²) in [6.45, 7) is 0. The number of carbonyl (C=O) groups is 1. The molecular formula is C30H16N2O4S. The molecule has 2 aromatic heterocycles. The summed E-state index contributed by atoms with van der Waals surface area (Å²) in [6, 6.07) is 29.3. The normalized spacial score (nSPS) is 11.6. The van der Waals surface area contributed by atoms with Crippen molar-refractivity contribution in [3.63, 3.8) is 0 Å². The minimum atomic E-state index is -0.806. The molecule has 0 N–H and O–H groups in total. The molecule has 0 aliphatic heterocycles. The molecule has 6 rings (SSSR count). The molecule has 0 saturated heterocycles. The van der Waals surface area contributed by atoms with Crippen molar-refractivity contribution in [3.05, 3.63) is 118 Å². The van der Waals surface area contributed by atoms with Crippen molar-refractivity contribution in [2.75, 3.05) is 0 Å². The van der Waals surface area contributed by atoms with Crippen LogP contribution in [0.3, 0.4) is 0 Å². The highest BCUT2D eigenvalue weighted by Crippen LogP contribution is 2.29. The Kier molecular flexibility index (Phi) is 5.56. The third kappa shape index (κ3) is 4.27. The SMILES string of the molecule is N#C/C(=C\c1ccc(OC(=O)c2cc3c(ccc4ccccc43)oc2=O)cc1)c1nc2ccccc2s1. The topological polar surface area (TPSA) is 93.2 Å². The summed E-state index contributed by atoms with van der Waals surface area (Å²) in [7, 11) is 0. The average molecular weight is 501 g/mol. The molecule has 0 fully saturated rings. The molecule has 0 aliphatic rings. The number of aromatic nitrogens is 1. The van der Waals surface area contributed by atoms with Crippen molar-refractivity contribution in [2.24, 2.45) is 0 Å². The summed E-state index contributed by atoms with van der Waals surface area (Å²) in [5, 5.41) is 12.8. The zero-order valence-electron chi connectivity index (χ0n) is 19.2. The van der Waals surface area contributed by atoms with Gasteiger partial charge in [-0.25, -0.2) is 14.6 Å². The lowest BCUT2D eigenvalue weighted by Gasteiger charge is -2.06. The first-order valence-electron chi connectivity index (χ1n) is 11.3. The Morgan fingerprint density at radius 2 is 1.73 bits per heavy atom. The van der Waals surface area contributed by atoms with Gasteiger partial charge in [0.05, 0.1) is 15.8 Å². The van der Waals surface area contributed by atoms with E-state index in [-0.39, 0.29) is 11.3 Å². The highest BCUT2D eigenvalue weighted by Gasteiger charge is 2.17. The largest absolute Gasteiger partial charge is 0.423 e. The van der Waals surface area contributed by atoms with E-state index in [2.05, 4.69) is 11.1 Å². The molecule has 0 saturated carbocycles. The van der Waals surface area contributed by atoms with E-state index < -0.39 is 11.6 Å². The van der Waals surface area contributed by atoms with E-state index in [1.165, 1.54) is 17.4 Å². The number of allylic oxidation sites excluding steroid dienone is 1. The number of benzene rings is 4. The molecule has 37 heavy (non-hydrogen) atoms. The first-order valence-corrected chi connectivity index (χ1v) is 12.2. The molecule has 0 spiro atoms. The number of rotatable bonds is 4. The summed E-state index contributed by atoms with van der Waals surface area (Å²) in [6.07, 6.45) is 1.73. The maximum absolute atomic E-state index is 12.8. The monoisotopic (exact) mass is 500 g/mol. The van der Waals surface area contributed by atoms with Crippen molar-refractivity contribution in [3.8, 4) is 11.8 Å². The summed E-state index contributed by atoms with van der Waals surface area (Å²) in [4.78, 5) is 29.9.